The van der Waals surface area contributed by atoms with E-state index in [4.69, 9.17) is 0 Å². The van der Waals surface area contributed by atoms with E-state index in [1.807, 2.05) is 74.5 Å². The maximum absolute atomic E-state index is 12.0. The number of carbonyl (C=O) groups is 1. The van der Waals surface area contributed by atoms with E-state index in [-0.39, 0.29) is 18.6 Å². The maximum atomic E-state index is 12.0. The van der Waals surface area contributed by atoms with Gasteiger partial charge in [0.1, 0.15) is 17.7 Å². The van der Waals surface area contributed by atoms with Crippen LogP contribution < -0.4 is 10.6 Å². The van der Waals surface area contributed by atoms with Crippen molar-refractivity contribution < 1.29 is 9.90 Å². The molecule has 8 heteroatoms. The number of carbonyl (C=O) groups excluding carboxylic acids is 1. The highest BCUT2D eigenvalue weighted by Gasteiger charge is 2.16. The molecule has 33 heavy (non-hydrogen) atoms. The van der Waals surface area contributed by atoms with Gasteiger partial charge in [-0.3, -0.25) is 4.79 Å². The molecule has 8 nitrogen and oxygen atoms in total. The fourth-order valence-electron chi connectivity index (χ4n) is 3.33. The first-order valence-corrected chi connectivity index (χ1v) is 10.8. The van der Waals surface area contributed by atoms with Crippen LogP contribution in [0.2, 0.25) is 0 Å². The first-order valence-electron chi connectivity index (χ1n) is 10.8. The lowest BCUT2D eigenvalue weighted by Gasteiger charge is -2.17. The summed E-state index contributed by atoms with van der Waals surface area (Å²) < 4.78 is 0. The number of aliphatic hydroxyl groups excluding tert-OH is 1. The smallest absolute Gasteiger partial charge is 0.248 e. The standard InChI is InChI=1S/C25H26N6O2/c1-16(2)8-13-21(33)28-19-11-9-18(10-12-19)23-30-22-24(26-15-27-25(22)31-23)29-20(14-32)17-6-4-3-5-7-17/h3-13,15-16,20,32H,14H2,1-2H3,(H,28,33)(H2,26,27,29,30,31). The van der Waals surface area contributed by atoms with E-state index in [1.165, 1.54) is 6.33 Å². The molecule has 4 aromatic rings. The van der Waals surface area contributed by atoms with Crippen LogP contribution in [0.4, 0.5) is 11.5 Å². The van der Waals surface area contributed by atoms with Crippen LogP contribution in [0.15, 0.2) is 73.1 Å². The second-order valence-corrected chi connectivity index (χ2v) is 7.97. The van der Waals surface area contributed by atoms with Crippen LogP contribution in [-0.2, 0) is 4.79 Å². The summed E-state index contributed by atoms with van der Waals surface area (Å²) >= 11 is 0. The van der Waals surface area contributed by atoms with Crippen LogP contribution in [0.25, 0.3) is 22.6 Å². The molecule has 0 radical (unpaired) electrons. The van der Waals surface area contributed by atoms with Crippen molar-refractivity contribution >= 4 is 28.6 Å². The summed E-state index contributed by atoms with van der Waals surface area (Å²) in [5.41, 5.74) is 3.66. The second-order valence-electron chi connectivity index (χ2n) is 7.97. The zero-order valence-electron chi connectivity index (χ0n) is 18.5. The van der Waals surface area contributed by atoms with E-state index in [9.17, 15) is 9.90 Å². The Morgan fingerprint density at radius 3 is 2.55 bits per heavy atom. The van der Waals surface area contributed by atoms with Gasteiger partial charge in [-0.15, -0.1) is 0 Å². The highest BCUT2D eigenvalue weighted by Crippen LogP contribution is 2.26. The molecule has 0 aliphatic carbocycles. The molecule has 168 valence electrons. The molecule has 0 saturated carbocycles. The molecule has 0 aliphatic rings. The molecule has 1 amide bonds. The van der Waals surface area contributed by atoms with E-state index < -0.39 is 0 Å². The number of nitrogens with zero attached hydrogens (tertiary/aromatic N) is 3. The van der Waals surface area contributed by atoms with E-state index in [0.717, 1.165) is 11.1 Å². The van der Waals surface area contributed by atoms with Crippen LogP contribution >= 0.6 is 0 Å². The Morgan fingerprint density at radius 1 is 1.09 bits per heavy atom. The van der Waals surface area contributed by atoms with Gasteiger partial charge in [0.15, 0.2) is 11.5 Å². The Labute approximate surface area is 191 Å². The number of nitrogens with one attached hydrogen (secondary N) is 3. The number of hydrogen-bond acceptors (Lipinski definition) is 6. The van der Waals surface area contributed by atoms with Crippen molar-refractivity contribution in [3.8, 4) is 11.4 Å². The normalized spacial score (nSPS) is 12.4. The Bertz CT molecular complexity index is 1250. The number of benzene rings is 2. The van der Waals surface area contributed by atoms with Crippen molar-refractivity contribution in [2.24, 2.45) is 5.92 Å². The van der Waals surface area contributed by atoms with Crippen molar-refractivity contribution in [3.63, 3.8) is 0 Å². The SMILES string of the molecule is CC(C)C=CC(=O)Nc1ccc(-c2nc3ncnc(NC(CO)c4ccccc4)c3[nH]2)cc1. The van der Waals surface area contributed by atoms with Crippen molar-refractivity contribution in [1.82, 2.24) is 19.9 Å². The molecule has 0 spiro atoms. The van der Waals surface area contributed by atoms with E-state index in [1.54, 1.807) is 6.08 Å². The molecular weight excluding hydrogens is 416 g/mol. The Balaban J connectivity index is 1.54. The summed E-state index contributed by atoms with van der Waals surface area (Å²) in [7, 11) is 0. The predicted molar refractivity (Wildman–Crippen MR) is 130 cm³/mol. The van der Waals surface area contributed by atoms with Gasteiger partial charge in [0.05, 0.1) is 12.6 Å². The Morgan fingerprint density at radius 2 is 1.85 bits per heavy atom. The number of aliphatic hydroxyl groups is 1. The fourth-order valence-corrected chi connectivity index (χ4v) is 3.33. The first kappa shape index (κ1) is 22.2. The molecule has 2 aromatic heterocycles. The largest absolute Gasteiger partial charge is 0.394 e. The second kappa shape index (κ2) is 10.1. The van der Waals surface area contributed by atoms with Gasteiger partial charge in [0.2, 0.25) is 5.91 Å². The maximum Gasteiger partial charge on any atom is 0.248 e. The van der Waals surface area contributed by atoms with Crippen LogP contribution in [0.3, 0.4) is 0 Å². The monoisotopic (exact) mass is 442 g/mol. The number of fused-ring (bicyclic) bond motifs is 1. The molecule has 4 rings (SSSR count). The molecule has 0 saturated heterocycles. The predicted octanol–water partition coefficient (Wildman–Crippen LogP) is 4.32. The third-order valence-corrected chi connectivity index (χ3v) is 5.04. The van der Waals surface area contributed by atoms with Gasteiger partial charge in [0.25, 0.3) is 0 Å². The lowest BCUT2D eigenvalue weighted by atomic mass is 10.1. The molecule has 1 atom stereocenters. The first-order chi connectivity index (χ1) is 16.0. The molecule has 2 aromatic carbocycles. The average Bonchev–Trinajstić information content (AvgIpc) is 3.27. The minimum absolute atomic E-state index is 0.0873. The molecule has 2 heterocycles. The third kappa shape index (κ3) is 5.42. The van der Waals surface area contributed by atoms with Crippen LogP contribution in [-0.4, -0.2) is 37.6 Å². The number of imidazole rings is 1. The Kier molecular flexibility index (Phi) is 6.75. The number of aromatic nitrogens is 4. The minimum atomic E-state index is -0.316. The number of rotatable bonds is 8. The lowest BCUT2D eigenvalue weighted by Crippen LogP contribution is -2.16. The highest BCUT2D eigenvalue weighted by molar-refractivity contribution is 5.99. The van der Waals surface area contributed by atoms with Gasteiger partial charge in [-0.1, -0.05) is 50.3 Å². The summed E-state index contributed by atoms with van der Waals surface area (Å²) in [5, 5.41) is 16.0. The summed E-state index contributed by atoms with van der Waals surface area (Å²) in [5.74, 6) is 1.34. The zero-order chi connectivity index (χ0) is 23.2. The minimum Gasteiger partial charge on any atom is -0.394 e. The van der Waals surface area contributed by atoms with Crippen molar-refractivity contribution in [3.05, 3.63) is 78.6 Å². The molecule has 0 aliphatic heterocycles. The summed E-state index contributed by atoms with van der Waals surface area (Å²) in [6.07, 6.45) is 4.84. The topological polar surface area (TPSA) is 116 Å². The number of H-pyrrole nitrogens is 1. The summed E-state index contributed by atoms with van der Waals surface area (Å²) in [4.78, 5) is 28.5. The molecule has 0 fully saturated rings. The molecule has 1 unspecified atom stereocenters. The molecule has 0 bridgehead atoms. The van der Waals surface area contributed by atoms with Gasteiger partial charge >= 0.3 is 0 Å². The highest BCUT2D eigenvalue weighted by atomic mass is 16.3. The molecule has 4 N–H and O–H groups in total. The summed E-state index contributed by atoms with van der Waals surface area (Å²) in [6.45, 7) is 3.95. The number of anilines is 2. The van der Waals surface area contributed by atoms with E-state index in [2.05, 4.69) is 30.6 Å². The van der Waals surface area contributed by atoms with Gasteiger partial charge < -0.3 is 20.7 Å². The van der Waals surface area contributed by atoms with Crippen molar-refractivity contribution in [1.29, 1.82) is 0 Å². The third-order valence-electron chi connectivity index (χ3n) is 5.04. The van der Waals surface area contributed by atoms with Gasteiger partial charge in [-0.05, 0) is 41.8 Å². The zero-order valence-corrected chi connectivity index (χ0v) is 18.5. The number of amides is 1. The van der Waals surface area contributed by atoms with Crippen molar-refractivity contribution in [2.75, 3.05) is 17.2 Å². The number of hydrogen-bond donors (Lipinski definition) is 4. The fraction of sp³-hybridized carbons (Fsp3) is 0.200. The number of allylic oxidation sites excluding steroid dienone is 1. The molecular formula is C25H26N6O2. The van der Waals surface area contributed by atoms with Crippen LogP contribution in [0.5, 0.6) is 0 Å². The van der Waals surface area contributed by atoms with Crippen molar-refractivity contribution in [2.45, 2.75) is 19.9 Å². The number of aromatic amines is 1. The summed E-state index contributed by atoms with van der Waals surface area (Å²) in [6, 6.07) is 16.8. The average molecular weight is 443 g/mol. The van der Waals surface area contributed by atoms with Gasteiger partial charge in [-0.2, -0.15) is 0 Å². The van der Waals surface area contributed by atoms with Gasteiger partial charge in [0, 0.05) is 11.3 Å². The van der Waals surface area contributed by atoms with E-state index >= 15 is 0 Å². The quantitative estimate of drug-likeness (QED) is 0.302. The van der Waals surface area contributed by atoms with Crippen LogP contribution in [0.1, 0.15) is 25.5 Å². The lowest BCUT2D eigenvalue weighted by molar-refractivity contribution is -0.111. The van der Waals surface area contributed by atoms with Gasteiger partial charge in [-0.25, -0.2) is 15.0 Å². The Hall–Kier alpha value is -4.04. The van der Waals surface area contributed by atoms with E-state index in [0.29, 0.717) is 34.4 Å². The van der Waals surface area contributed by atoms with Crippen LogP contribution in [0, 0.1) is 5.92 Å².